The minimum absolute atomic E-state index is 0.251. The third-order valence-corrected chi connectivity index (χ3v) is 3.34. The zero-order chi connectivity index (χ0) is 15.8. The van der Waals surface area contributed by atoms with Crippen LogP contribution in [0.3, 0.4) is 0 Å². The largest absolute Gasteiger partial charge is 0.480 e. The molecule has 0 aliphatic heterocycles. The Labute approximate surface area is 125 Å². The first kappa shape index (κ1) is 17.2. The number of carbonyl (C=O) groups excluding carboxylic acids is 1. The molecule has 2 unspecified atom stereocenters. The lowest BCUT2D eigenvalue weighted by atomic mass is 9.99. The molecule has 0 aromatic heterocycles. The number of aliphatic carboxylic acids is 1. The van der Waals surface area contributed by atoms with Crippen molar-refractivity contribution in [2.75, 3.05) is 13.7 Å². The van der Waals surface area contributed by atoms with Crippen LogP contribution in [-0.2, 0) is 20.7 Å². The van der Waals surface area contributed by atoms with E-state index in [1.807, 2.05) is 31.2 Å². The normalized spacial score (nSPS) is 13.5. The van der Waals surface area contributed by atoms with Crippen LogP contribution in [0.2, 0.25) is 0 Å². The highest BCUT2D eigenvalue weighted by atomic mass is 16.5. The van der Waals surface area contributed by atoms with Gasteiger partial charge in [0.05, 0.1) is 0 Å². The predicted molar refractivity (Wildman–Crippen MR) is 80.1 cm³/mol. The van der Waals surface area contributed by atoms with E-state index in [0.717, 1.165) is 5.56 Å². The Balaban J connectivity index is 2.56. The number of aryl methyl sites for hydroxylation is 1. The van der Waals surface area contributed by atoms with E-state index in [4.69, 9.17) is 9.84 Å². The summed E-state index contributed by atoms with van der Waals surface area (Å²) in [6, 6.07) is 7.06. The van der Waals surface area contributed by atoms with E-state index in [1.165, 1.54) is 12.7 Å². The van der Waals surface area contributed by atoms with Gasteiger partial charge in [-0.2, -0.15) is 0 Å². The smallest absolute Gasteiger partial charge is 0.326 e. The van der Waals surface area contributed by atoms with Gasteiger partial charge in [0.25, 0.3) is 0 Å². The number of nitrogens with one attached hydrogen (secondary N) is 1. The molecule has 0 aliphatic carbocycles. The van der Waals surface area contributed by atoms with Crippen LogP contribution in [0.15, 0.2) is 24.3 Å². The van der Waals surface area contributed by atoms with Gasteiger partial charge in [-0.05, 0) is 18.9 Å². The van der Waals surface area contributed by atoms with Crippen LogP contribution in [0.1, 0.15) is 24.5 Å². The molecular weight excluding hydrogens is 270 g/mol. The van der Waals surface area contributed by atoms with E-state index >= 15 is 0 Å². The quantitative estimate of drug-likeness (QED) is 0.766. The molecular formula is C16H23NO4. The summed E-state index contributed by atoms with van der Waals surface area (Å²) in [5.74, 6) is -1.57. The minimum atomic E-state index is -1.04. The van der Waals surface area contributed by atoms with Crippen LogP contribution in [0, 0.1) is 12.8 Å². The van der Waals surface area contributed by atoms with E-state index in [-0.39, 0.29) is 18.2 Å². The average Bonchev–Trinajstić information content (AvgIpc) is 2.45. The van der Waals surface area contributed by atoms with Gasteiger partial charge >= 0.3 is 5.97 Å². The molecule has 2 N–H and O–H groups in total. The maximum absolute atomic E-state index is 12.1. The van der Waals surface area contributed by atoms with Crippen LogP contribution < -0.4 is 5.32 Å². The maximum Gasteiger partial charge on any atom is 0.326 e. The number of methoxy groups -OCH3 is 1. The van der Waals surface area contributed by atoms with E-state index in [0.29, 0.717) is 13.0 Å². The molecule has 0 saturated heterocycles. The number of benzene rings is 1. The van der Waals surface area contributed by atoms with Gasteiger partial charge in [0.1, 0.15) is 6.04 Å². The van der Waals surface area contributed by atoms with E-state index in [1.54, 1.807) is 6.92 Å². The Hall–Kier alpha value is -1.88. The highest BCUT2D eigenvalue weighted by Gasteiger charge is 2.22. The molecule has 1 aromatic carbocycles. The van der Waals surface area contributed by atoms with Crippen molar-refractivity contribution in [1.29, 1.82) is 0 Å². The number of hydrogen-bond donors (Lipinski definition) is 2. The van der Waals surface area contributed by atoms with Gasteiger partial charge < -0.3 is 15.2 Å². The van der Waals surface area contributed by atoms with Crippen LogP contribution >= 0.6 is 0 Å². The number of carbonyl (C=O) groups is 2. The lowest BCUT2D eigenvalue weighted by molar-refractivity contribution is -0.142. The van der Waals surface area contributed by atoms with Crippen LogP contribution in [0.25, 0.3) is 0 Å². The zero-order valence-corrected chi connectivity index (χ0v) is 12.8. The first-order valence-corrected chi connectivity index (χ1v) is 7.01. The molecule has 0 fully saturated rings. The summed E-state index contributed by atoms with van der Waals surface area (Å²) in [6.07, 6.45) is 0.845. The summed E-state index contributed by atoms with van der Waals surface area (Å²) >= 11 is 0. The number of ether oxygens (including phenoxy) is 1. The Bertz CT molecular complexity index is 470. The minimum Gasteiger partial charge on any atom is -0.480 e. The summed E-state index contributed by atoms with van der Waals surface area (Å²) in [7, 11) is 1.50. The molecule has 0 spiro atoms. The Morgan fingerprint density at radius 1 is 1.29 bits per heavy atom. The molecule has 21 heavy (non-hydrogen) atoms. The van der Waals surface area contributed by atoms with Gasteiger partial charge in [-0.15, -0.1) is 0 Å². The van der Waals surface area contributed by atoms with Crippen LogP contribution in [0.4, 0.5) is 0 Å². The lowest BCUT2D eigenvalue weighted by Crippen LogP contribution is -2.44. The Morgan fingerprint density at radius 2 is 1.90 bits per heavy atom. The fourth-order valence-corrected chi connectivity index (χ4v) is 1.98. The topological polar surface area (TPSA) is 75.6 Å². The number of carboxylic acids is 1. The number of carboxylic acid groups (broad SMARTS) is 1. The van der Waals surface area contributed by atoms with Crippen molar-refractivity contribution in [3.8, 4) is 0 Å². The van der Waals surface area contributed by atoms with Crippen molar-refractivity contribution in [3.05, 3.63) is 35.4 Å². The van der Waals surface area contributed by atoms with Gasteiger partial charge in [-0.3, -0.25) is 4.79 Å². The second kappa shape index (κ2) is 8.42. The second-order valence-corrected chi connectivity index (χ2v) is 5.27. The molecule has 116 valence electrons. The number of hydrogen-bond acceptors (Lipinski definition) is 3. The van der Waals surface area contributed by atoms with Crippen molar-refractivity contribution in [1.82, 2.24) is 5.32 Å². The molecule has 1 rings (SSSR count). The van der Waals surface area contributed by atoms with E-state index in [2.05, 4.69) is 5.32 Å². The summed E-state index contributed by atoms with van der Waals surface area (Å²) in [5.41, 5.74) is 2.23. The van der Waals surface area contributed by atoms with Crippen molar-refractivity contribution in [2.24, 2.45) is 5.92 Å². The van der Waals surface area contributed by atoms with Gasteiger partial charge in [0.15, 0.2) is 0 Å². The van der Waals surface area contributed by atoms with Crippen LogP contribution in [-0.4, -0.2) is 36.7 Å². The molecule has 1 amide bonds. The van der Waals surface area contributed by atoms with Crippen molar-refractivity contribution >= 4 is 11.9 Å². The fourth-order valence-electron chi connectivity index (χ4n) is 1.98. The Kier molecular flexibility index (Phi) is 6.88. The fraction of sp³-hybridized carbons (Fsp3) is 0.500. The van der Waals surface area contributed by atoms with Gasteiger partial charge in [-0.25, -0.2) is 4.79 Å². The molecule has 0 heterocycles. The zero-order valence-electron chi connectivity index (χ0n) is 12.8. The SMILES string of the molecule is COCCC(NC(=O)C(C)Cc1ccc(C)cc1)C(=O)O. The summed E-state index contributed by atoms with van der Waals surface area (Å²) in [6.45, 7) is 4.10. The standard InChI is InChI=1S/C16H23NO4/c1-11-4-6-13(7-5-11)10-12(2)15(18)17-14(16(19)20)8-9-21-3/h4-7,12,14H,8-10H2,1-3H3,(H,17,18)(H,19,20). The molecule has 5 heteroatoms. The molecule has 0 radical (unpaired) electrons. The molecule has 0 bridgehead atoms. The first-order valence-electron chi connectivity index (χ1n) is 7.01. The molecule has 1 aromatic rings. The molecule has 0 aliphatic rings. The van der Waals surface area contributed by atoms with E-state index < -0.39 is 12.0 Å². The van der Waals surface area contributed by atoms with Crippen molar-refractivity contribution in [3.63, 3.8) is 0 Å². The monoisotopic (exact) mass is 293 g/mol. The second-order valence-electron chi connectivity index (χ2n) is 5.27. The first-order chi connectivity index (χ1) is 9.93. The highest BCUT2D eigenvalue weighted by molar-refractivity contribution is 5.84. The molecule has 0 saturated carbocycles. The molecule has 5 nitrogen and oxygen atoms in total. The summed E-state index contributed by atoms with van der Waals surface area (Å²) in [4.78, 5) is 23.2. The van der Waals surface area contributed by atoms with Crippen molar-refractivity contribution in [2.45, 2.75) is 32.7 Å². The van der Waals surface area contributed by atoms with Gasteiger partial charge in [0.2, 0.25) is 5.91 Å². The highest BCUT2D eigenvalue weighted by Crippen LogP contribution is 2.10. The average molecular weight is 293 g/mol. The molecule has 2 atom stereocenters. The predicted octanol–water partition coefficient (Wildman–Crippen LogP) is 1.78. The van der Waals surface area contributed by atoms with E-state index in [9.17, 15) is 9.59 Å². The third-order valence-electron chi connectivity index (χ3n) is 3.34. The van der Waals surface area contributed by atoms with Gasteiger partial charge in [0, 0.05) is 26.1 Å². The number of rotatable bonds is 8. The third kappa shape index (κ3) is 5.95. The van der Waals surface area contributed by atoms with Crippen LogP contribution in [0.5, 0.6) is 0 Å². The summed E-state index contributed by atoms with van der Waals surface area (Å²) in [5, 5.41) is 11.6. The van der Waals surface area contributed by atoms with Gasteiger partial charge in [-0.1, -0.05) is 36.8 Å². The lowest BCUT2D eigenvalue weighted by Gasteiger charge is -2.17. The Morgan fingerprint density at radius 3 is 2.43 bits per heavy atom. The number of amides is 1. The summed E-state index contributed by atoms with van der Waals surface area (Å²) < 4.78 is 4.86. The van der Waals surface area contributed by atoms with Crippen molar-refractivity contribution < 1.29 is 19.4 Å². The maximum atomic E-state index is 12.1.